The van der Waals surface area contributed by atoms with Crippen molar-refractivity contribution in [2.24, 2.45) is 5.92 Å². The van der Waals surface area contributed by atoms with Gasteiger partial charge in [0.15, 0.2) is 0 Å². The summed E-state index contributed by atoms with van der Waals surface area (Å²) in [6.45, 7) is 0. The average molecular weight is 217 g/mol. The lowest BCUT2D eigenvalue weighted by atomic mass is 10.00. The second-order valence-electron chi connectivity index (χ2n) is 3.63. The minimum Gasteiger partial charge on any atom is -0.387 e. The third-order valence-corrected chi connectivity index (χ3v) is 4.03. The predicted molar refractivity (Wildman–Crippen MR) is 56.2 cm³/mol. The van der Waals surface area contributed by atoms with E-state index < -0.39 is 0 Å². The second kappa shape index (κ2) is 3.99. The molecule has 0 spiro atoms. The van der Waals surface area contributed by atoms with Crippen LogP contribution in [-0.2, 0) is 0 Å². The molecule has 1 aromatic rings. The summed E-state index contributed by atoms with van der Waals surface area (Å²) in [6.07, 6.45) is 4.58. The van der Waals surface area contributed by atoms with Crippen LogP contribution in [0, 0.1) is 5.92 Å². The summed E-state index contributed by atoms with van der Waals surface area (Å²) in [4.78, 5) is 1.02. The smallest absolute Gasteiger partial charge is 0.0932 e. The van der Waals surface area contributed by atoms with Crippen molar-refractivity contribution in [3.8, 4) is 0 Å². The second-order valence-corrected chi connectivity index (χ2v) is 5.38. The van der Waals surface area contributed by atoms with Crippen LogP contribution in [0.2, 0.25) is 4.34 Å². The summed E-state index contributed by atoms with van der Waals surface area (Å²) in [7, 11) is 0. The van der Waals surface area contributed by atoms with Crippen LogP contribution < -0.4 is 0 Å². The zero-order valence-corrected chi connectivity index (χ0v) is 8.94. The average Bonchev–Trinajstić information content (AvgIpc) is 2.72. The fraction of sp³-hybridized carbons (Fsp3) is 0.600. The van der Waals surface area contributed by atoms with Crippen molar-refractivity contribution in [3.05, 3.63) is 21.3 Å². The van der Waals surface area contributed by atoms with Gasteiger partial charge in [-0.1, -0.05) is 24.4 Å². The van der Waals surface area contributed by atoms with Gasteiger partial charge in [0, 0.05) is 4.88 Å². The molecular weight excluding hydrogens is 204 g/mol. The van der Waals surface area contributed by atoms with Crippen LogP contribution in [0.1, 0.15) is 36.7 Å². The molecule has 1 saturated carbocycles. The molecule has 1 aromatic heterocycles. The summed E-state index contributed by atoms with van der Waals surface area (Å²) in [6, 6.07) is 3.80. The lowest BCUT2D eigenvalue weighted by Crippen LogP contribution is -2.06. The highest BCUT2D eigenvalue weighted by molar-refractivity contribution is 7.16. The summed E-state index contributed by atoms with van der Waals surface area (Å²) < 4.78 is 0.770. The van der Waals surface area contributed by atoms with Gasteiger partial charge in [0.25, 0.3) is 0 Å². The summed E-state index contributed by atoms with van der Waals surface area (Å²) in [5, 5.41) is 9.99. The van der Waals surface area contributed by atoms with E-state index in [0.717, 1.165) is 22.1 Å². The molecule has 1 unspecified atom stereocenters. The molecule has 1 heterocycles. The zero-order chi connectivity index (χ0) is 9.26. The zero-order valence-electron chi connectivity index (χ0n) is 7.37. The largest absolute Gasteiger partial charge is 0.387 e. The van der Waals surface area contributed by atoms with Gasteiger partial charge in [-0.3, -0.25) is 0 Å². The van der Waals surface area contributed by atoms with Crippen LogP contribution >= 0.6 is 22.9 Å². The van der Waals surface area contributed by atoms with E-state index in [2.05, 4.69) is 0 Å². The van der Waals surface area contributed by atoms with Crippen molar-refractivity contribution >= 4 is 22.9 Å². The molecule has 0 saturated heterocycles. The predicted octanol–water partition coefficient (Wildman–Crippen LogP) is 3.63. The van der Waals surface area contributed by atoms with Crippen molar-refractivity contribution in [1.82, 2.24) is 0 Å². The molecule has 1 aliphatic carbocycles. The van der Waals surface area contributed by atoms with E-state index in [9.17, 15) is 5.11 Å². The van der Waals surface area contributed by atoms with Gasteiger partial charge in [-0.15, -0.1) is 11.3 Å². The third-order valence-electron chi connectivity index (χ3n) is 2.73. The number of hydrogen-bond donors (Lipinski definition) is 1. The Hall–Kier alpha value is -0.0500. The Bertz CT molecular complexity index is 278. The van der Waals surface area contributed by atoms with Crippen LogP contribution in [0.15, 0.2) is 12.1 Å². The van der Waals surface area contributed by atoms with E-state index in [1.54, 1.807) is 0 Å². The van der Waals surface area contributed by atoms with E-state index in [1.165, 1.54) is 24.2 Å². The van der Waals surface area contributed by atoms with Gasteiger partial charge in [-0.25, -0.2) is 0 Å². The Morgan fingerprint density at radius 3 is 2.62 bits per heavy atom. The van der Waals surface area contributed by atoms with Gasteiger partial charge in [0.1, 0.15) is 0 Å². The summed E-state index contributed by atoms with van der Waals surface area (Å²) >= 11 is 7.32. The minimum atomic E-state index is -0.278. The molecule has 72 valence electrons. The van der Waals surface area contributed by atoms with Crippen molar-refractivity contribution in [3.63, 3.8) is 0 Å². The highest BCUT2D eigenvalue weighted by atomic mass is 35.5. The number of aliphatic hydroxyl groups is 1. The van der Waals surface area contributed by atoms with E-state index >= 15 is 0 Å². The molecule has 1 atom stereocenters. The maximum absolute atomic E-state index is 9.99. The molecular formula is C10H13ClOS. The molecule has 3 heteroatoms. The molecule has 0 amide bonds. The van der Waals surface area contributed by atoms with Gasteiger partial charge in [0.2, 0.25) is 0 Å². The first kappa shape index (κ1) is 9.50. The van der Waals surface area contributed by atoms with E-state index in [4.69, 9.17) is 11.6 Å². The monoisotopic (exact) mass is 216 g/mol. The first-order valence-corrected chi connectivity index (χ1v) is 5.90. The van der Waals surface area contributed by atoms with Gasteiger partial charge in [0.05, 0.1) is 10.4 Å². The minimum absolute atomic E-state index is 0.278. The lowest BCUT2D eigenvalue weighted by molar-refractivity contribution is 0.115. The topological polar surface area (TPSA) is 20.2 Å². The third kappa shape index (κ3) is 2.06. The fourth-order valence-electron chi connectivity index (χ4n) is 1.99. The van der Waals surface area contributed by atoms with Gasteiger partial charge >= 0.3 is 0 Å². The first-order chi connectivity index (χ1) is 6.27. The van der Waals surface area contributed by atoms with Crippen molar-refractivity contribution < 1.29 is 5.11 Å². The Kier molecular flexibility index (Phi) is 2.92. The molecule has 0 bridgehead atoms. The Balaban J connectivity index is 2.07. The van der Waals surface area contributed by atoms with Crippen LogP contribution in [0.5, 0.6) is 0 Å². The maximum Gasteiger partial charge on any atom is 0.0932 e. The molecule has 1 fully saturated rings. The SMILES string of the molecule is OC(c1ccc(Cl)s1)C1CCCC1. The number of halogens is 1. The molecule has 1 N–H and O–H groups in total. The Morgan fingerprint density at radius 2 is 2.08 bits per heavy atom. The number of hydrogen-bond acceptors (Lipinski definition) is 2. The number of thiophene rings is 1. The molecule has 13 heavy (non-hydrogen) atoms. The standard InChI is InChI=1S/C10H13ClOS/c11-9-6-5-8(13-9)10(12)7-3-1-2-4-7/h5-7,10,12H,1-4H2. The maximum atomic E-state index is 9.99. The quantitative estimate of drug-likeness (QED) is 0.801. The van der Waals surface area contributed by atoms with Crippen molar-refractivity contribution in [2.75, 3.05) is 0 Å². The van der Waals surface area contributed by atoms with Crippen LogP contribution in [0.3, 0.4) is 0 Å². The molecule has 2 rings (SSSR count). The first-order valence-electron chi connectivity index (χ1n) is 4.70. The number of rotatable bonds is 2. The molecule has 1 nitrogen and oxygen atoms in total. The van der Waals surface area contributed by atoms with Crippen molar-refractivity contribution in [1.29, 1.82) is 0 Å². The van der Waals surface area contributed by atoms with Gasteiger partial charge in [-0.2, -0.15) is 0 Å². The van der Waals surface area contributed by atoms with Crippen LogP contribution in [0.25, 0.3) is 0 Å². The van der Waals surface area contributed by atoms with Crippen LogP contribution in [0.4, 0.5) is 0 Å². The highest BCUT2D eigenvalue weighted by Gasteiger charge is 2.25. The van der Waals surface area contributed by atoms with Crippen molar-refractivity contribution in [2.45, 2.75) is 31.8 Å². The van der Waals surface area contributed by atoms with E-state index in [1.807, 2.05) is 12.1 Å². The summed E-state index contributed by atoms with van der Waals surface area (Å²) in [5.41, 5.74) is 0. The summed E-state index contributed by atoms with van der Waals surface area (Å²) in [5.74, 6) is 0.467. The fourth-order valence-corrected chi connectivity index (χ4v) is 3.13. The van der Waals surface area contributed by atoms with E-state index in [-0.39, 0.29) is 6.10 Å². The molecule has 0 radical (unpaired) electrons. The normalized spacial score (nSPS) is 20.8. The Morgan fingerprint density at radius 1 is 1.38 bits per heavy atom. The highest BCUT2D eigenvalue weighted by Crippen LogP contribution is 2.38. The molecule has 1 aliphatic rings. The van der Waals surface area contributed by atoms with Gasteiger partial charge < -0.3 is 5.11 Å². The number of aliphatic hydroxyl groups excluding tert-OH is 1. The molecule has 0 aliphatic heterocycles. The van der Waals surface area contributed by atoms with Crippen LogP contribution in [-0.4, -0.2) is 5.11 Å². The lowest BCUT2D eigenvalue weighted by Gasteiger charge is -2.15. The molecule has 0 aromatic carbocycles. The Labute approximate surface area is 87.4 Å². The van der Waals surface area contributed by atoms with Gasteiger partial charge in [-0.05, 0) is 30.9 Å². The van der Waals surface area contributed by atoms with E-state index in [0.29, 0.717) is 5.92 Å².